The van der Waals surface area contributed by atoms with E-state index in [-0.39, 0.29) is 53.8 Å². The Morgan fingerprint density at radius 3 is 2.60 bits per heavy atom. The maximum Gasteiger partial charge on any atom is 0.416 e. The van der Waals surface area contributed by atoms with E-state index in [1.165, 1.54) is 37.1 Å². The normalized spacial score (nSPS) is 21.8. The molecule has 0 N–H and O–H groups in total. The number of likely N-dealkylation sites (tertiary alicyclic amines) is 1. The van der Waals surface area contributed by atoms with E-state index in [0.29, 0.717) is 26.2 Å². The second kappa shape index (κ2) is 10.8. The average Bonchev–Trinajstić information content (AvgIpc) is 3.69. The largest absolute Gasteiger partial charge is 0.416 e. The molecule has 2 aromatic heterocycles. The highest BCUT2D eigenvalue weighted by Crippen LogP contribution is 2.43. The van der Waals surface area contributed by atoms with Gasteiger partial charge in [-0.1, -0.05) is 12.6 Å². The Morgan fingerprint density at radius 2 is 1.87 bits per heavy atom. The molecule has 1 spiro atoms. The van der Waals surface area contributed by atoms with E-state index in [2.05, 4.69) is 26.0 Å². The van der Waals surface area contributed by atoms with Crippen LogP contribution in [0.25, 0.3) is 0 Å². The summed E-state index contributed by atoms with van der Waals surface area (Å²) >= 11 is 0. The molecular weight excluding hydrogens is 620 g/mol. The van der Waals surface area contributed by atoms with E-state index >= 15 is 4.39 Å². The third-order valence-electron chi connectivity index (χ3n) is 9.62. The van der Waals surface area contributed by atoms with Crippen molar-refractivity contribution < 1.29 is 31.9 Å². The Morgan fingerprint density at radius 1 is 1.13 bits per heavy atom. The predicted molar refractivity (Wildman–Crippen MR) is 165 cm³/mol. The van der Waals surface area contributed by atoms with E-state index in [1.54, 1.807) is 22.1 Å². The van der Waals surface area contributed by atoms with Crippen LogP contribution in [0.2, 0.25) is 0 Å². The fourth-order valence-electron chi connectivity index (χ4n) is 7.49. The number of fused-ring (bicyclic) bond motifs is 4. The Hall–Kier alpha value is -4.95. The third-order valence-corrected chi connectivity index (χ3v) is 9.62. The standard InChI is InChI=1S/C32H32F4N8O3/c1-4-25(45)42-17-31(18-42)16-41(30-37-8-9-43(30)31)11-10-40-15-20-13-26(46)44(24-14-21(32(34,35)36)12-19(2)38-24)27(20)29(47)39(3)23-7-5-6-22(33)28(23)40/h4-9,12,14,20,27H,1,10-11,13,15-18H2,2-3H3/t20-,27+/m1/s1. The molecule has 1 aromatic carbocycles. The Balaban J connectivity index is 1.20. The lowest BCUT2D eigenvalue weighted by Gasteiger charge is -2.48. The van der Waals surface area contributed by atoms with Crippen molar-refractivity contribution in [1.29, 1.82) is 0 Å². The number of alkyl halides is 3. The number of benzene rings is 1. The summed E-state index contributed by atoms with van der Waals surface area (Å²) < 4.78 is 58.9. The summed E-state index contributed by atoms with van der Waals surface area (Å²) in [5.74, 6) is -1.97. The van der Waals surface area contributed by atoms with Crippen molar-refractivity contribution in [3.8, 4) is 0 Å². The van der Waals surface area contributed by atoms with E-state index in [9.17, 15) is 27.6 Å². The second-order valence-corrected chi connectivity index (χ2v) is 12.6. The van der Waals surface area contributed by atoms with Gasteiger partial charge in [-0.25, -0.2) is 14.4 Å². The lowest BCUT2D eigenvalue weighted by atomic mass is 9.90. The number of halogens is 4. The van der Waals surface area contributed by atoms with Gasteiger partial charge in [-0.2, -0.15) is 13.2 Å². The number of hydrogen-bond acceptors (Lipinski definition) is 7. The first-order chi connectivity index (χ1) is 22.3. The molecule has 0 aliphatic carbocycles. The Bertz CT molecular complexity index is 1800. The highest BCUT2D eigenvalue weighted by atomic mass is 19.4. The van der Waals surface area contributed by atoms with Crippen molar-refractivity contribution in [3.63, 3.8) is 0 Å². The Kier molecular flexibility index (Phi) is 7.06. The van der Waals surface area contributed by atoms with Crippen LogP contribution in [0.3, 0.4) is 0 Å². The van der Waals surface area contributed by atoms with Crippen LogP contribution in [-0.4, -0.2) is 89.5 Å². The van der Waals surface area contributed by atoms with Gasteiger partial charge in [0.05, 0.1) is 22.5 Å². The second-order valence-electron chi connectivity index (χ2n) is 12.6. The lowest BCUT2D eigenvalue weighted by Crippen LogP contribution is -2.65. The summed E-state index contributed by atoms with van der Waals surface area (Å²) in [6.45, 7) is 7.32. The van der Waals surface area contributed by atoms with Crippen LogP contribution < -0.4 is 19.6 Å². The van der Waals surface area contributed by atoms with Crippen LogP contribution in [0.15, 0.2) is 55.4 Å². The lowest BCUT2D eigenvalue weighted by molar-refractivity contribution is -0.138. The quantitative estimate of drug-likeness (QED) is 0.309. The van der Waals surface area contributed by atoms with Gasteiger partial charge in [-0.05, 0) is 37.3 Å². The molecule has 0 unspecified atom stereocenters. The molecule has 2 saturated heterocycles. The average molecular weight is 653 g/mol. The molecule has 3 amide bonds. The number of carbonyl (C=O) groups is 3. The van der Waals surface area contributed by atoms with Gasteiger partial charge >= 0.3 is 6.18 Å². The number of nitrogens with zero attached hydrogens (tertiary/aromatic N) is 8. The molecule has 2 fully saturated rings. The molecule has 0 bridgehead atoms. The SMILES string of the molecule is C=CC(=O)N1CC2(C1)CN(CCN1C[C@H]3CC(=O)N(c4cc(C(F)(F)F)cc(C)n4)[C@@H]3C(=O)N(C)c3cccc(F)c31)c1nccn12. The topological polar surface area (TPSA) is 98.1 Å². The number of aryl methyl sites for hydroxylation is 1. The number of anilines is 4. The number of aromatic nitrogens is 3. The number of rotatable bonds is 5. The van der Waals surface area contributed by atoms with Gasteiger partial charge in [-0.15, -0.1) is 0 Å². The number of amides is 3. The zero-order chi connectivity index (χ0) is 33.4. The maximum absolute atomic E-state index is 15.7. The maximum atomic E-state index is 15.7. The molecule has 0 radical (unpaired) electrons. The summed E-state index contributed by atoms with van der Waals surface area (Å²) in [6, 6.07) is 4.93. The number of para-hydroxylation sites is 1. The molecule has 15 heteroatoms. The van der Waals surface area contributed by atoms with Crippen molar-refractivity contribution in [2.24, 2.45) is 5.92 Å². The minimum atomic E-state index is -4.68. The van der Waals surface area contributed by atoms with E-state index < -0.39 is 41.3 Å². The molecule has 2 atom stereocenters. The van der Waals surface area contributed by atoms with Gasteiger partial charge in [-0.3, -0.25) is 19.3 Å². The third kappa shape index (κ3) is 4.90. The van der Waals surface area contributed by atoms with Crippen molar-refractivity contribution >= 4 is 40.9 Å². The first-order valence-electron chi connectivity index (χ1n) is 15.2. The zero-order valence-electron chi connectivity index (χ0n) is 25.7. The summed E-state index contributed by atoms with van der Waals surface area (Å²) in [4.78, 5) is 56.4. The number of pyridine rings is 1. The van der Waals surface area contributed by atoms with Gasteiger partial charge in [0.1, 0.15) is 17.7 Å². The highest BCUT2D eigenvalue weighted by Gasteiger charge is 2.53. The molecule has 7 rings (SSSR count). The number of likely N-dealkylation sites (N-methyl/N-ethyl adjacent to an activating group) is 1. The number of imidazole rings is 1. The number of hydrogen-bond donors (Lipinski definition) is 0. The minimum absolute atomic E-state index is 0.0527. The van der Waals surface area contributed by atoms with E-state index in [0.717, 1.165) is 23.0 Å². The van der Waals surface area contributed by atoms with E-state index in [4.69, 9.17) is 0 Å². The first kappa shape index (κ1) is 30.7. The molecule has 11 nitrogen and oxygen atoms in total. The van der Waals surface area contributed by atoms with Crippen molar-refractivity contribution in [3.05, 3.63) is 72.5 Å². The highest BCUT2D eigenvalue weighted by molar-refractivity contribution is 6.10. The minimum Gasteiger partial charge on any atom is -0.365 e. The molecular formula is C32H32F4N8O3. The van der Waals surface area contributed by atoms with Crippen LogP contribution in [-0.2, 0) is 26.1 Å². The molecule has 246 valence electrons. The van der Waals surface area contributed by atoms with Crippen molar-refractivity contribution in [1.82, 2.24) is 19.4 Å². The van der Waals surface area contributed by atoms with Crippen LogP contribution in [0.4, 0.5) is 40.7 Å². The molecule has 6 heterocycles. The smallest absolute Gasteiger partial charge is 0.365 e. The van der Waals surface area contributed by atoms with Crippen LogP contribution in [0.5, 0.6) is 0 Å². The fourth-order valence-corrected chi connectivity index (χ4v) is 7.49. The van der Waals surface area contributed by atoms with Gasteiger partial charge in [0, 0.05) is 76.7 Å². The summed E-state index contributed by atoms with van der Waals surface area (Å²) in [6.07, 6.45) is 0.0487. The first-order valence-corrected chi connectivity index (χ1v) is 15.2. The predicted octanol–water partition coefficient (Wildman–Crippen LogP) is 3.19. The van der Waals surface area contributed by atoms with Crippen LogP contribution in [0, 0.1) is 18.7 Å². The monoisotopic (exact) mass is 652 g/mol. The summed E-state index contributed by atoms with van der Waals surface area (Å²) in [7, 11) is 1.47. The molecule has 3 aromatic rings. The Labute approximate surface area is 267 Å². The molecule has 4 aliphatic rings. The van der Waals surface area contributed by atoms with Gasteiger partial charge in [0.25, 0.3) is 0 Å². The molecule has 47 heavy (non-hydrogen) atoms. The summed E-state index contributed by atoms with van der Waals surface area (Å²) in [5, 5.41) is 0. The fraction of sp³-hybridized carbons (Fsp3) is 0.406. The van der Waals surface area contributed by atoms with E-state index in [1.807, 2.05) is 6.20 Å². The van der Waals surface area contributed by atoms with Gasteiger partial charge in [0.15, 0.2) is 0 Å². The summed E-state index contributed by atoms with van der Waals surface area (Å²) in [5.41, 5.74) is -0.794. The van der Waals surface area contributed by atoms with Crippen LogP contribution in [0.1, 0.15) is 17.7 Å². The molecule has 0 saturated carbocycles. The van der Waals surface area contributed by atoms with Crippen molar-refractivity contribution in [2.45, 2.75) is 31.1 Å². The van der Waals surface area contributed by atoms with Crippen molar-refractivity contribution in [2.75, 3.05) is 65.9 Å². The van der Waals surface area contributed by atoms with Gasteiger partial charge < -0.3 is 24.2 Å². The molecule has 4 aliphatic heterocycles. The van der Waals surface area contributed by atoms with Gasteiger partial charge in [0.2, 0.25) is 23.7 Å². The number of carbonyl (C=O) groups excluding carboxylic acids is 3. The van der Waals surface area contributed by atoms with Crippen LogP contribution >= 0.6 is 0 Å². The zero-order valence-corrected chi connectivity index (χ0v) is 25.7.